The van der Waals surface area contributed by atoms with Gasteiger partial charge in [-0.1, -0.05) is 205 Å². The van der Waals surface area contributed by atoms with Gasteiger partial charge in [0.05, 0.1) is 0 Å². The molecule has 6 saturated carbocycles. The van der Waals surface area contributed by atoms with Gasteiger partial charge >= 0.3 is 0 Å². The number of rotatable bonds is 0. The van der Waals surface area contributed by atoms with E-state index < -0.39 is 0 Å². The van der Waals surface area contributed by atoms with E-state index in [4.69, 9.17) is 0 Å². The third-order valence-electron chi connectivity index (χ3n) is 15.7. The highest BCUT2D eigenvalue weighted by atomic mass is 14.4. The molecule has 5 atom stereocenters. The van der Waals surface area contributed by atoms with Crippen LogP contribution in [0.4, 0.5) is 0 Å². The summed E-state index contributed by atoms with van der Waals surface area (Å²) in [6.45, 7) is 43.7. The fourth-order valence-electron chi connectivity index (χ4n) is 10.2. The second kappa shape index (κ2) is 31.9. The Balaban J connectivity index is -0.000000622. The number of allylic oxidation sites excluding steroid dienone is 2. The van der Waals surface area contributed by atoms with E-state index >= 15 is 0 Å². The van der Waals surface area contributed by atoms with Crippen LogP contribution in [0.5, 0.6) is 0 Å². The van der Waals surface area contributed by atoms with Crippen LogP contribution in [0.2, 0.25) is 0 Å². The lowest BCUT2D eigenvalue weighted by Gasteiger charge is -2.45. The van der Waals surface area contributed by atoms with Gasteiger partial charge in [0.25, 0.3) is 0 Å². The van der Waals surface area contributed by atoms with E-state index in [0.29, 0.717) is 27.1 Å². The number of hydrogen-bond acceptors (Lipinski definition) is 0. The van der Waals surface area contributed by atoms with Gasteiger partial charge in [-0.2, -0.15) is 0 Å². The molecule has 5 unspecified atom stereocenters. The average Bonchev–Trinajstić information content (AvgIpc) is 3.16. The van der Waals surface area contributed by atoms with E-state index in [9.17, 15) is 0 Å². The highest BCUT2D eigenvalue weighted by Crippen LogP contribution is 2.49. The monoisotopic (exact) mass is 817 g/mol. The van der Waals surface area contributed by atoms with E-state index in [-0.39, 0.29) is 0 Å². The molecule has 0 bridgehead atoms. The molecule has 0 heterocycles. The van der Waals surface area contributed by atoms with Gasteiger partial charge < -0.3 is 0 Å². The van der Waals surface area contributed by atoms with Crippen LogP contribution in [0.1, 0.15) is 258 Å². The first kappa shape index (κ1) is 61.5. The van der Waals surface area contributed by atoms with E-state index in [1.54, 1.807) is 0 Å². The number of terminal acetylenes is 3. The van der Waals surface area contributed by atoms with Gasteiger partial charge in [0.2, 0.25) is 0 Å². The molecular weight excluding hydrogens is 709 g/mol. The van der Waals surface area contributed by atoms with Gasteiger partial charge in [0.1, 0.15) is 0 Å². The normalized spacial score (nSPS) is 29.2. The molecule has 0 amide bonds. The first-order valence-electron chi connectivity index (χ1n) is 24.8. The lowest BCUT2D eigenvalue weighted by molar-refractivity contribution is 0.0520. The van der Waals surface area contributed by atoms with Crippen molar-refractivity contribution in [2.75, 3.05) is 0 Å². The predicted octanol–water partition coefficient (Wildman–Crippen LogP) is 19.5. The standard InChI is InChI=1S/2C10H20.C9H16.2C8H16.C8H14.3C2H2/c1-9(2)6-5-7-10(3,4)8-9;1-9(2)7-5-6-8-10(9,3)4;1-8-6-4-5-7-9(8,2)3;1-7-4-3-5-8(2)6-7;2*1-7-5-3-4-6-8(7)2;3*1-2/h2*5-8H2,1-4H3;1,4-7H2,2-3H3;2*7-8H,3-6H2,1-2H3;8H,1,3-6H2,2H3;3*1-2H. The minimum absolute atomic E-state index is 0.443. The summed E-state index contributed by atoms with van der Waals surface area (Å²) in [7, 11) is 0. The molecule has 0 heteroatoms. The van der Waals surface area contributed by atoms with Gasteiger partial charge in [-0.25, -0.2) is 0 Å². The molecule has 0 nitrogen and oxygen atoms in total. The van der Waals surface area contributed by atoms with Crippen LogP contribution >= 0.6 is 0 Å². The molecule has 59 heavy (non-hydrogen) atoms. The first-order chi connectivity index (χ1) is 27.4. The third-order valence-corrected chi connectivity index (χ3v) is 15.7. The Kier molecular flexibility index (Phi) is 33.3. The second-order valence-electron chi connectivity index (χ2n) is 23.4. The molecule has 6 aliphatic carbocycles. The second-order valence-corrected chi connectivity index (χ2v) is 23.4. The molecule has 0 aromatic rings. The van der Waals surface area contributed by atoms with E-state index in [2.05, 4.69) is 156 Å². The Morgan fingerprint density at radius 1 is 0.424 bits per heavy atom. The summed E-state index contributed by atoms with van der Waals surface area (Å²) in [6, 6.07) is 0. The predicted molar refractivity (Wildman–Crippen MR) is 273 cm³/mol. The third kappa shape index (κ3) is 28.4. The summed E-state index contributed by atoms with van der Waals surface area (Å²) < 4.78 is 0. The van der Waals surface area contributed by atoms with Crippen LogP contribution in [0, 0.1) is 95.2 Å². The van der Waals surface area contributed by atoms with Crippen LogP contribution in [-0.2, 0) is 0 Å². The SMILES string of the molecule is C#C.C#C.C#C.C=C1CCCCC1(C)C.C=C1CCCCC1C.CC1(C)CCCC(C)(C)C1.CC1(C)CCCCC1(C)C.CC1CCCC(C)C1.CC1CCCCC1C. The Hall–Kier alpha value is -1.84. The molecule has 0 aromatic heterocycles. The topological polar surface area (TPSA) is 0 Å². The Bertz CT molecular complexity index is 1060. The molecule has 0 spiro atoms. The van der Waals surface area contributed by atoms with Crippen molar-refractivity contribution >= 4 is 0 Å². The van der Waals surface area contributed by atoms with Crippen molar-refractivity contribution in [3.05, 3.63) is 24.3 Å². The average molecular weight is 818 g/mol. The Labute approximate surface area is 376 Å². The van der Waals surface area contributed by atoms with Crippen LogP contribution in [0.25, 0.3) is 0 Å². The quantitative estimate of drug-likeness (QED) is 0.169. The summed E-state index contributed by atoms with van der Waals surface area (Å²) in [5.74, 6) is 4.84. The maximum Gasteiger partial charge on any atom is -0.0147 e. The zero-order chi connectivity index (χ0) is 46.5. The highest BCUT2D eigenvalue weighted by molar-refractivity contribution is 5.09. The largest absolute Gasteiger partial charge is 0.124 e. The fraction of sp³-hybridized carbons (Fsp3) is 0.831. The summed E-state index contributed by atoms with van der Waals surface area (Å²) in [5.41, 5.74) is 5.74. The van der Waals surface area contributed by atoms with E-state index in [1.165, 1.54) is 165 Å². The molecule has 0 aliphatic heterocycles. The summed E-state index contributed by atoms with van der Waals surface area (Å²) in [6.07, 6.45) is 58.0. The van der Waals surface area contributed by atoms with Gasteiger partial charge in [-0.3, -0.25) is 0 Å². The highest BCUT2D eigenvalue weighted by Gasteiger charge is 2.38. The molecule has 6 aliphatic rings. The van der Waals surface area contributed by atoms with Crippen LogP contribution in [0.15, 0.2) is 24.3 Å². The van der Waals surface area contributed by atoms with Crippen molar-refractivity contribution in [3.8, 4) is 38.5 Å². The van der Waals surface area contributed by atoms with Gasteiger partial charge in [0.15, 0.2) is 0 Å². The van der Waals surface area contributed by atoms with Crippen molar-refractivity contribution in [2.45, 2.75) is 258 Å². The van der Waals surface area contributed by atoms with Crippen molar-refractivity contribution in [2.24, 2.45) is 56.7 Å². The van der Waals surface area contributed by atoms with E-state index in [0.717, 1.165) is 29.6 Å². The van der Waals surface area contributed by atoms with Crippen LogP contribution in [0.3, 0.4) is 0 Å². The summed E-state index contributed by atoms with van der Waals surface area (Å²) in [5, 5.41) is 0. The van der Waals surface area contributed by atoms with E-state index in [1.807, 2.05) is 0 Å². The lowest BCUT2D eigenvalue weighted by atomic mass is 9.60. The molecular formula is C59H108. The summed E-state index contributed by atoms with van der Waals surface area (Å²) in [4.78, 5) is 0. The Morgan fingerprint density at radius 3 is 1.05 bits per heavy atom. The van der Waals surface area contributed by atoms with Crippen molar-refractivity contribution in [1.29, 1.82) is 0 Å². The van der Waals surface area contributed by atoms with Crippen LogP contribution < -0.4 is 0 Å². The molecule has 0 saturated heterocycles. The maximum atomic E-state index is 4.07. The first-order valence-corrected chi connectivity index (χ1v) is 24.8. The molecule has 344 valence electrons. The van der Waals surface area contributed by atoms with Gasteiger partial charge in [-0.15, -0.1) is 38.5 Å². The smallest absolute Gasteiger partial charge is 0.0147 e. The van der Waals surface area contributed by atoms with Crippen molar-refractivity contribution in [1.82, 2.24) is 0 Å². The summed E-state index contributed by atoms with van der Waals surface area (Å²) >= 11 is 0. The molecule has 6 rings (SSSR count). The van der Waals surface area contributed by atoms with Gasteiger partial charge in [-0.05, 0) is 134 Å². The van der Waals surface area contributed by atoms with Crippen LogP contribution in [-0.4, -0.2) is 0 Å². The lowest BCUT2D eigenvalue weighted by Crippen LogP contribution is -2.35. The maximum absolute atomic E-state index is 4.07. The molecule has 0 radical (unpaired) electrons. The van der Waals surface area contributed by atoms with Crippen molar-refractivity contribution in [3.63, 3.8) is 0 Å². The minimum atomic E-state index is 0.443. The van der Waals surface area contributed by atoms with Crippen molar-refractivity contribution < 1.29 is 0 Å². The molecule has 0 N–H and O–H groups in total. The number of hydrogen-bond donors (Lipinski definition) is 0. The molecule has 6 fully saturated rings. The zero-order valence-electron chi connectivity index (χ0n) is 43.2. The Morgan fingerprint density at radius 2 is 0.814 bits per heavy atom. The fourth-order valence-corrected chi connectivity index (χ4v) is 10.2. The molecule has 0 aromatic carbocycles. The minimum Gasteiger partial charge on any atom is -0.124 e. The van der Waals surface area contributed by atoms with Gasteiger partial charge in [0, 0.05) is 0 Å². The zero-order valence-corrected chi connectivity index (χ0v) is 43.2.